The van der Waals surface area contributed by atoms with Crippen LogP contribution in [0.25, 0.3) is 0 Å². The Balaban J connectivity index is 1.73. The number of aliphatic carboxylic acids is 1. The Morgan fingerprint density at radius 1 is 1.69 bits per heavy atom. The summed E-state index contributed by atoms with van der Waals surface area (Å²) < 4.78 is 5.29. The van der Waals surface area contributed by atoms with Crippen molar-refractivity contribution in [3.63, 3.8) is 0 Å². The van der Waals surface area contributed by atoms with Gasteiger partial charge in [0, 0.05) is 25.6 Å². The van der Waals surface area contributed by atoms with E-state index in [0.717, 1.165) is 25.3 Å². The van der Waals surface area contributed by atoms with Crippen LogP contribution in [0.2, 0.25) is 0 Å². The molecule has 1 saturated heterocycles. The number of hydrogen-bond acceptors (Lipinski definition) is 3. The fraction of sp³-hybridized carbons (Fsp3) is 0.583. The van der Waals surface area contributed by atoms with Gasteiger partial charge in [-0.1, -0.05) is 0 Å². The fourth-order valence-electron chi connectivity index (χ4n) is 2.19. The number of carbonyl (C=O) groups is 1. The van der Waals surface area contributed by atoms with Crippen LogP contribution >= 0.6 is 0 Å². The summed E-state index contributed by atoms with van der Waals surface area (Å²) in [6.07, 6.45) is 2.88. The molecule has 16 heavy (non-hydrogen) atoms. The Kier molecular flexibility index (Phi) is 3.29. The zero-order valence-electron chi connectivity index (χ0n) is 9.43. The van der Waals surface area contributed by atoms with E-state index in [1.165, 1.54) is 0 Å². The average molecular weight is 223 g/mol. The summed E-state index contributed by atoms with van der Waals surface area (Å²) in [5, 5.41) is 8.65. The first-order valence-corrected chi connectivity index (χ1v) is 5.63. The molecule has 0 bridgehead atoms. The van der Waals surface area contributed by atoms with Gasteiger partial charge in [-0.3, -0.25) is 9.69 Å². The zero-order chi connectivity index (χ0) is 11.5. The maximum atomic E-state index is 10.5. The SMILES string of the molecule is CC(Cc1ccco1)N1CC(CC(=O)O)C1. The Hall–Kier alpha value is -1.29. The quantitative estimate of drug-likeness (QED) is 0.824. The van der Waals surface area contributed by atoms with Gasteiger partial charge in [-0.05, 0) is 25.0 Å². The molecule has 1 aliphatic heterocycles. The van der Waals surface area contributed by atoms with E-state index < -0.39 is 5.97 Å². The smallest absolute Gasteiger partial charge is 0.303 e. The molecule has 4 nitrogen and oxygen atoms in total. The second-order valence-corrected chi connectivity index (χ2v) is 4.55. The fourth-order valence-corrected chi connectivity index (χ4v) is 2.19. The highest BCUT2D eigenvalue weighted by molar-refractivity contribution is 5.67. The van der Waals surface area contributed by atoms with Crippen LogP contribution in [-0.4, -0.2) is 35.1 Å². The Bertz CT molecular complexity index is 341. The van der Waals surface area contributed by atoms with E-state index in [4.69, 9.17) is 9.52 Å². The second kappa shape index (κ2) is 4.70. The van der Waals surface area contributed by atoms with Crippen molar-refractivity contribution in [1.29, 1.82) is 0 Å². The molecule has 0 amide bonds. The predicted molar refractivity (Wildman–Crippen MR) is 59.2 cm³/mol. The van der Waals surface area contributed by atoms with Crippen molar-refractivity contribution in [2.24, 2.45) is 5.92 Å². The molecule has 1 aliphatic rings. The lowest BCUT2D eigenvalue weighted by molar-refractivity contribution is -0.139. The Labute approximate surface area is 94.9 Å². The summed E-state index contributed by atoms with van der Waals surface area (Å²) in [6, 6.07) is 4.30. The van der Waals surface area contributed by atoms with E-state index in [-0.39, 0.29) is 0 Å². The van der Waals surface area contributed by atoms with Gasteiger partial charge in [0.05, 0.1) is 12.7 Å². The van der Waals surface area contributed by atoms with Gasteiger partial charge in [0.15, 0.2) is 0 Å². The minimum absolute atomic E-state index is 0.296. The van der Waals surface area contributed by atoms with E-state index in [9.17, 15) is 4.79 Å². The lowest BCUT2D eigenvalue weighted by Crippen LogP contribution is -2.52. The van der Waals surface area contributed by atoms with Crippen LogP contribution in [0.5, 0.6) is 0 Å². The predicted octanol–water partition coefficient (Wildman–Crippen LogP) is 1.62. The molecule has 1 fully saturated rings. The molecule has 0 aromatic carbocycles. The molecule has 0 saturated carbocycles. The van der Waals surface area contributed by atoms with Gasteiger partial charge in [-0.2, -0.15) is 0 Å². The Morgan fingerprint density at radius 2 is 2.44 bits per heavy atom. The van der Waals surface area contributed by atoms with Crippen LogP contribution in [0.15, 0.2) is 22.8 Å². The van der Waals surface area contributed by atoms with Gasteiger partial charge in [0.25, 0.3) is 0 Å². The van der Waals surface area contributed by atoms with Crippen molar-refractivity contribution in [2.75, 3.05) is 13.1 Å². The van der Waals surface area contributed by atoms with Gasteiger partial charge in [0.1, 0.15) is 5.76 Å². The molecule has 1 atom stereocenters. The minimum atomic E-state index is -0.691. The Morgan fingerprint density at radius 3 is 3.00 bits per heavy atom. The molecule has 2 heterocycles. The first kappa shape index (κ1) is 11.2. The molecule has 88 valence electrons. The molecule has 2 rings (SSSR count). The summed E-state index contributed by atoms with van der Waals surface area (Å²) >= 11 is 0. The number of carboxylic acids is 1. The third-order valence-corrected chi connectivity index (χ3v) is 3.15. The van der Waals surface area contributed by atoms with Crippen LogP contribution in [-0.2, 0) is 11.2 Å². The molecule has 0 aliphatic carbocycles. The van der Waals surface area contributed by atoms with Crippen LogP contribution in [0.1, 0.15) is 19.1 Å². The second-order valence-electron chi connectivity index (χ2n) is 4.55. The highest BCUT2D eigenvalue weighted by Crippen LogP contribution is 2.23. The molecular formula is C12H17NO3. The topological polar surface area (TPSA) is 53.7 Å². The number of rotatable bonds is 5. The maximum absolute atomic E-state index is 10.5. The minimum Gasteiger partial charge on any atom is -0.481 e. The number of carboxylic acid groups (broad SMARTS) is 1. The first-order valence-electron chi connectivity index (χ1n) is 5.63. The molecule has 1 aromatic heterocycles. The van der Waals surface area contributed by atoms with E-state index in [0.29, 0.717) is 18.4 Å². The lowest BCUT2D eigenvalue weighted by atomic mass is 9.93. The zero-order valence-corrected chi connectivity index (χ0v) is 9.43. The van der Waals surface area contributed by atoms with Crippen molar-refractivity contribution < 1.29 is 14.3 Å². The van der Waals surface area contributed by atoms with E-state index in [1.54, 1.807) is 6.26 Å². The number of nitrogens with zero attached hydrogens (tertiary/aromatic N) is 1. The molecule has 0 spiro atoms. The monoisotopic (exact) mass is 223 g/mol. The summed E-state index contributed by atoms with van der Waals surface area (Å²) in [6.45, 7) is 3.95. The largest absolute Gasteiger partial charge is 0.481 e. The van der Waals surface area contributed by atoms with Gasteiger partial charge in [0.2, 0.25) is 0 Å². The average Bonchev–Trinajstić information content (AvgIpc) is 2.62. The third kappa shape index (κ3) is 2.64. The van der Waals surface area contributed by atoms with Crippen molar-refractivity contribution in [1.82, 2.24) is 4.90 Å². The number of hydrogen-bond donors (Lipinski definition) is 1. The van der Waals surface area contributed by atoms with Crippen molar-refractivity contribution in [2.45, 2.75) is 25.8 Å². The number of likely N-dealkylation sites (tertiary alicyclic amines) is 1. The number of furan rings is 1. The van der Waals surface area contributed by atoms with Gasteiger partial charge >= 0.3 is 5.97 Å². The summed E-state index contributed by atoms with van der Waals surface area (Å²) in [4.78, 5) is 12.8. The van der Waals surface area contributed by atoms with Crippen molar-refractivity contribution in [3.05, 3.63) is 24.2 Å². The molecule has 1 aromatic rings. The molecule has 1 N–H and O–H groups in total. The normalized spacial score (nSPS) is 19.3. The molecule has 4 heteroatoms. The van der Waals surface area contributed by atoms with E-state index in [2.05, 4.69) is 11.8 Å². The van der Waals surface area contributed by atoms with Gasteiger partial charge in [-0.15, -0.1) is 0 Å². The van der Waals surface area contributed by atoms with Gasteiger partial charge in [-0.25, -0.2) is 0 Å². The maximum Gasteiger partial charge on any atom is 0.303 e. The molecular weight excluding hydrogens is 206 g/mol. The van der Waals surface area contributed by atoms with Crippen LogP contribution in [0.4, 0.5) is 0 Å². The van der Waals surface area contributed by atoms with Crippen LogP contribution in [0, 0.1) is 5.92 Å². The summed E-state index contributed by atoms with van der Waals surface area (Å²) in [7, 11) is 0. The molecule has 1 unspecified atom stereocenters. The highest BCUT2D eigenvalue weighted by atomic mass is 16.4. The van der Waals surface area contributed by atoms with Crippen molar-refractivity contribution >= 4 is 5.97 Å². The van der Waals surface area contributed by atoms with Crippen molar-refractivity contribution in [3.8, 4) is 0 Å². The van der Waals surface area contributed by atoms with Crippen LogP contribution in [0.3, 0.4) is 0 Å². The standard InChI is InChI=1S/C12H17NO3/c1-9(5-11-3-2-4-16-11)13-7-10(8-13)6-12(14)15/h2-4,9-10H,5-8H2,1H3,(H,14,15). The lowest BCUT2D eigenvalue weighted by Gasteiger charge is -2.42. The van der Waals surface area contributed by atoms with Crippen LogP contribution < -0.4 is 0 Å². The van der Waals surface area contributed by atoms with Gasteiger partial charge < -0.3 is 9.52 Å². The first-order chi connectivity index (χ1) is 7.65. The molecule has 0 radical (unpaired) electrons. The highest BCUT2D eigenvalue weighted by Gasteiger charge is 2.31. The van der Waals surface area contributed by atoms with E-state index >= 15 is 0 Å². The summed E-state index contributed by atoms with van der Waals surface area (Å²) in [5.74, 6) is 0.633. The summed E-state index contributed by atoms with van der Waals surface area (Å²) in [5.41, 5.74) is 0. The van der Waals surface area contributed by atoms with E-state index in [1.807, 2.05) is 12.1 Å². The third-order valence-electron chi connectivity index (χ3n) is 3.15.